The standard InChI is InChI=1S/C15H29F2NO/c1-12(2)11-18-13(19)15(16,17)10-8-6-7-9-14(3,4)5/h12H,6-11H2,1-5H3,(H,18,19). The predicted octanol–water partition coefficient (Wildman–Crippen LogP) is 4.39. The molecule has 0 heterocycles. The highest BCUT2D eigenvalue weighted by atomic mass is 19.3. The normalized spacial score (nSPS) is 12.8. The van der Waals surface area contributed by atoms with E-state index in [0.29, 0.717) is 13.0 Å². The van der Waals surface area contributed by atoms with Crippen LogP contribution in [0.5, 0.6) is 0 Å². The maximum absolute atomic E-state index is 13.5. The first-order valence-corrected chi connectivity index (χ1v) is 7.21. The largest absolute Gasteiger partial charge is 0.351 e. The Morgan fingerprint density at radius 3 is 2.05 bits per heavy atom. The van der Waals surface area contributed by atoms with Crippen LogP contribution in [0, 0.1) is 11.3 Å². The van der Waals surface area contributed by atoms with Crippen molar-refractivity contribution in [2.24, 2.45) is 11.3 Å². The van der Waals surface area contributed by atoms with E-state index in [2.05, 4.69) is 26.1 Å². The van der Waals surface area contributed by atoms with Gasteiger partial charge in [0.25, 0.3) is 5.91 Å². The summed E-state index contributed by atoms with van der Waals surface area (Å²) in [5.41, 5.74) is 0.247. The molecule has 0 spiro atoms. The van der Waals surface area contributed by atoms with E-state index in [1.165, 1.54) is 0 Å². The Bertz CT molecular complexity index is 270. The Hall–Kier alpha value is -0.670. The molecule has 2 nitrogen and oxygen atoms in total. The van der Waals surface area contributed by atoms with Crippen molar-refractivity contribution in [1.29, 1.82) is 0 Å². The highest BCUT2D eigenvalue weighted by Gasteiger charge is 2.37. The van der Waals surface area contributed by atoms with Gasteiger partial charge in [-0.15, -0.1) is 0 Å². The number of alkyl halides is 2. The smallest absolute Gasteiger partial charge is 0.324 e. The van der Waals surface area contributed by atoms with Crippen LogP contribution in [-0.2, 0) is 4.79 Å². The number of carbonyl (C=O) groups excluding carboxylic acids is 1. The lowest BCUT2D eigenvalue weighted by atomic mass is 9.89. The summed E-state index contributed by atoms with van der Waals surface area (Å²) in [5, 5.41) is 2.30. The molecule has 0 saturated heterocycles. The van der Waals surface area contributed by atoms with Crippen LogP contribution in [0.4, 0.5) is 8.78 Å². The molecule has 0 bridgehead atoms. The Morgan fingerprint density at radius 1 is 1.05 bits per heavy atom. The first kappa shape index (κ1) is 18.3. The molecule has 1 N–H and O–H groups in total. The van der Waals surface area contributed by atoms with E-state index in [0.717, 1.165) is 19.3 Å². The van der Waals surface area contributed by atoms with Crippen LogP contribution in [0.15, 0.2) is 0 Å². The van der Waals surface area contributed by atoms with Crippen molar-refractivity contribution < 1.29 is 13.6 Å². The fourth-order valence-corrected chi connectivity index (χ4v) is 1.72. The molecule has 0 radical (unpaired) electrons. The predicted molar refractivity (Wildman–Crippen MR) is 75.3 cm³/mol. The van der Waals surface area contributed by atoms with Gasteiger partial charge >= 0.3 is 5.92 Å². The molecule has 0 fully saturated rings. The summed E-state index contributed by atoms with van der Waals surface area (Å²) in [6.07, 6.45) is 2.77. The van der Waals surface area contributed by atoms with Gasteiger partial charge in [-0.25, -0.2) is 0 Å². The second kappa shape index (κ2) is 7.81. The first-order chi connectivity index (χ1) is 8.54. The number of rotatable bonds is 8. The van der Waals surface area contributed by atoms with Gasteiger partial charge in [0.1, 0.15) is 0 Å². The zero-order valence-corrected chi connectivity index (χ0v) is 13.0. The van der Waals surface area contributed by atoms with E-state index in [1.807, 2.05) is 13.8 Å². The minimum absolute atomic E-state index is 0.187. The van der Waals surface area contributed by atoms with E-state index >= 15 is 0 Å². The van der Waals surface area contributed by atoms with Crippen molar-refractivity contribution in [2.45, 2.75) is 72.6 Å². The summed E-state index contributed by atoms with van der Waals surface area (Å²) in [6.45, 7) is 10.5. The van der Waals surface area contributed by atoms with Crippen LogP contribution in [-0.4, -0.2) is 18.4 Å². The Balaban J connectivity index is 3.87. The molecule has 19 heavy (non-hydrogen) atoms. The minimum atomic E-state index is -3.23. The zero-order chi connectivity index (χ0) is 15.1. The molecule has 0 aliphatic heterocycles. The van der Waals surface area contributed by atoms with Gasteiger partial charge in [0, 0.05) is 13.0 Å². The van der Waals surface area contributed by atoms with Crippen LogP contribution < -0.4 is 5.32 Å². The third-order valence-corrected chi connectivity index (χ3v) is 2.92. The topological polar surface area (TPSA) is 29.1 Å². The zero-order valence-electron chi connectivity index (χ0n) is 13.0. The summed E-state index contributed by atoms with van der Waals surface area (Å²) in [4.78, 5) is 11.3. The minimum Gasteiger partial charge on any atom is -0.351 e. The van der Waals surface area contributed by atoms with Gasteiger partial charge in [0.05, 0.1) is 0 Å². The number of hydrogen-bond donors (Lipinski definition) is 1. The number of nitrogens with one attached hydrogen (secondary N) is 1. The van der Waals surface area contributed by atoms with Gasteiger partial charge in [-0.2, -0.15) is 8.78 Å². The van der Waals surface area contributed by atoms with Crippen molar-refractivity contribution in [3.8, 4) is 0 Å². The maximum atomic E-state index is 13.5. The SMILES string of the molecule is CC(C)CNC(=O)C(F)(F)CCCCCC(C)(C)C. The number of carbonyl (C=O) groups is 1. The summed E-state index contributed by atoms with van der Waals surface area (Å²) in [6, 6.07) is 0. The Morgan fingerprint density at radius 2 is 1.58 bits per heavy atom. The third kappa shape index (κ3) is 9.85. The molecule has 0 aromatic carbocycles. The Labute approximate surface area is 116 Å². The van der Waals surface area contributed by atoms with Gasteiger partial charge in [0.2, 0.25) is 0 Å². The van der Waals surface area contributed by atoms with Crippen molar-refractivity contribution in [3.63, 3.8) is 0 Å². The van der Waals surface area contributed by atoms with Gasteiger partial charge in [-0.1, -0.05) is 47.5 Å². The van der Waals surface area contributed by atoms with E-state index in [9.17, 15) is 13.6 Å². The molecular weight excluding hydrogens is 248 g/mol. The molecule has 0 aliphatic carbocycles. The second-order valence-electron chi connectivity index (χ2n) is 6.93. The molecule has 4 heteroatoms. The van der Waals surface area contributed by atoms with E-state index in [4.69, 9.17) is 0 Å². The highest BCUT2D eigenvalue weighted by Crippen LogP contribution is 2.25. The third-order valence-electron chi connectivity index (χ3n) is 2.92. The molecule has 1 amide bonds. The number of halogens is 2. The number of hydrogen-bond acceptors (Lipinski definition) is 1. The van der Waals surface area contributed by atoms with E-state index < -0.39 is 11.8 Å². The fourth-order valence-electron chi connectivity index (χ4n) is 1.72. The lowest BCUT2D eigenvalue weighted by Gasteiger charge is -2.19. The van der Waals surface area contributed by atoms with Crippen LogP contribution >= 0.6 is 0 Å². The summed E-state index contributed by atoms with van der Waals surface area (Å²) < 4.78 is 27.0. The molecule has 0 aromatic heterocycles. The van der Waals surface area contributed by atoms with Crippen LogP contribution in [0.1, 0.15) is 66.7 Å². The molecule has 0 saturated carbocycles. The molecule has 0 atom stereocenters. The van der Waals surface area contributed by atoms with Crippen LogP contribution in [0.2, 0.25) is 0 Å². The van der Waals surface area contributed by atoms with E-state index in [1.54, 1.807) is 0 Å². The molecule has 114 valence electrons. The van der Waals surface area contributed by atoms with E-state index in [-0.39, 0.29) is 17.8 Å². The lowest BCUT2D eigenvalue weighted by molar-refractivity contribution is -0.146. The molecule has 0 rings (SSSR count). The fraction of sp³-hybridized carbons (Fsp3) is 0.933. The maximum Gasteiger partial charge on any atom is 0.324 e. The molecule has 0 aliphatic rings. The molecule has 0 aromatic rings. The summed E-state index contributed by atoms with van der Waals surface area (Å²) in [5.74, 6) is -4.17. The molecular formula is C15H29F2NO. The Kier molecular flexibility index (Phi) is 7.53. The average Bonchev–Trinajstić information content (AvgIpc) is 2.23. The first-order valence-electron chi connectivity index (χ1n) is 7.21. The summed E-state index contributed by atoms with van der Waals surface area (Å²) in [7, 11) is 0. The van der Waals surface area contributed by atoms with Gasteiger partial charge < -0.3 is 5.32 Å². The monoisotopic (exact) mass is 277 g/mol. The van der Waals surface area contributed by atoms with Gasteiger partial charge in [-0.05, 0) is 24.2 Å². The van der Waals surface area contributed by atoms with Gasteiger partial charge in [-0.3, -0.25) is 4.79 Å². The average molecular weight is 277 g/mol. The van der Waals surface area contributed by atoms with Gasteiger partial charge in [0.15, 0.2) is 0 Å². The lowest BCUT2D eigenvalue weighted by Crippen LogP contribution is -2.41. The van der Waals surface area contributed by atoms with Crippen molar-refractivity contribution in [2.75, 3.05) is 6.54 Å². The highest BCUT2D eigenvalue weighted by molar-refractivity contribution is 5.83. The van der Waals surface area contributed by atoms with Crippen molar-refractivity contribution in [1.82, 2.24) is 5.32 Å². The van der Waals surface area contributed by atoms with Crippen molar-refractivity contribution in [3.05, 3.63) is 0 Å². The quantitative estimate of drug-likeness (QED) is 0.655. The molecule has 0 unspecified atom stereocenters. The summed E-state index contributed by atoms with van der Waals surface area (Å²) >= 11 is 0. The number of amides is 1. The van der Waals surface area contributed by atoms with Crippen LogP contribution in [0.3, 0.4) is 0 Å². The van der Waals surface area contributed by atoms with Crippen molar-refractivity contribution >= 4 is 5.91 Å². The van der Waals surface area contributed by atoms with Crippen LogP contribution in [0.25, 0.3) is 0 Å². The second-order valence-corrected chi connectivity index (χ2v) is 6.93. The number of unbranched alkanes of at least 4 members (excludes halogenated alkanes) is 2.